The molecule has 0 bridgehead atoms. The number of hydrogen-bond donors (Lipinski definition) is 3. The van der Waals surface area contributed by atoms with E-state index in [1.54, 1.807) is 0 Å². The van der Waals surface area contributed by atoms with Gasteiger partial charge < -0.3 is 29.5 Å². The maximum absolute atomic E-state index is 11.2. The molecule has 0 radical (unpaired) electrons. The van der Waals surface area contributed by atoms with E-state index in [2.05, 4.69) is 0 Å². The molecule has 4 atom stereocenters. The highest BCUT2D eigenvalue weighted by molar-refractivity contribution is 5.83. The molecule has 0 aromatic heterocycles. The summed E-state index contributed by atoms with van der Waals surface area (Å²) in [7, 11) is 0. The van der Waals surface area contributed by atoms with Gasteiger partial charge >= 0.3 is 0 Å². The van der Waals surface area contributed by atoms with Gasteiger partial charge in [0, 0.05) is 17.5 Å². The standard InChI is InChI=1S/C21H24O6/c1-10(2)25-21-16(12-7-5-4-6-8-12)18(23)15-11(3)26-13-9-14(22)27-20(13)17(15)19(21)24/h4-8,10-11,13-14,20,22-24H,9H2,1-3H3/t11-,13-,14?,20+/m0/s1. The first-order chi connectivity index (χ1) is 12.9. The summed E-state index contributed by atoms with van der Waals surface area (Å²) in [6, 6.07) is 9.29. The van der Waals surface area contributed by atoms with E-state index in [1.165, 1.54) is 0 Å². The number of aromatic hydroxyl groups is 2. The van der Waals surface area contributed by atoms with E-state index in [0.717, 1.165) is 5.56 Å². The largest absolute Gasteiger partial charge is 0.507 e. The predicted octanol–water partition coefficient (Wildman–Crippen LogP) is 3.79. The quantitative estimate of drug-likeness (QED) is 0.711. The molecule has 3 N–H and O–H groups in total. The van der Waals surface area contributed by atoms with Crippen molar-refractivity contribution in [3.05, 3.63) is 41.5 Å². The molecule has 2 aliphatic heterocycles. The summed E-state index contributed by atoms with van der Waals surface area (Å²) in [6.07, 6.45) is -2.37. The lowest BCUT2D eigenvalue weighted by Crippen LogP contribution is -2.27. The number of hydrogen-bond acceptors (Lipinski definition) is 6. The molecule has 0 spiro atoms. The average molecular weight is 372 g/mol. The van der Waals surface area contributed by atoms with Gasteiger partial charge in [0.2, 0.25) is 0 Å². The number of aliphatic hydroxyl groups excluding tert-OH is 1. The summed E-state index contributed by atoms with van der Waals surface area (Å²) >= 11 is 0. The second kappa shape index (κ2) is 6.71. The SMILES string of the molecule is CC(C)Oc1c(O)c2c(c(O)c1-c1ccccc1)[C@H](C)O[C@H]1CC(O)O[C@@H]21. The van der Waals surface area contributed by atoms with Crippen molar-refractivity contribution in [1.29, 1.82) is 0 Å². The van der Waals surface area contributed by atoms with Crippen molar-refractivity contribution >= 4 is 0 Å². The molecule has 0 amide bonds. The van der Waals surface area contributed by atoms with Crippen LogP contribution in [0.25, 0.3) is 11.1 Å². The molecule has 2 heterocycles. The zero-order valence-corrected chi connectivity index (χ0v) is 15.5. The minimum absolute atomic E-state index is 0.000546. The lowest BCUT2D eigenvalue weighted by molar-refractivity contribution is -0.114. The van der Waals surface area contributed by atoms with E-state index in [0.29, 0.717) is 23.1 Å². The molecule has 6 nitrogen and oxygen atoms in total. The summed E-state index contributed by atoms with van der Waals surface area (Å²) in [6.45, 7) is 5.53. The van der Waals surface area contributed by atoms with Gasteiger partial charge in [-0.1, -0.05) is 30.3 Å². The molecule has 1 fully saturated rings. The molecule has 0 aliphatic carbocycles. The van der Waals surface area contributed by atoms with Crippen LogP contribution in [0, 0.1) is 0 Å². The lowest BCUT2D eigenvalue weighted by atomic mass is 9.86. The van der Waals surface area contributed by atoms with Gasteiger partial charge in [-0.15, -0.1) is 0 Å². The van der Waals surface area contributed by atoms with Crippen molar-refractivity contribution in [2.45, 2.75) is 57.9 Å². The molecule has 2 aromatic carbocycles. The number of aliphatic hydroxyl groups is 1. The van der Waals surface area contributed by atoms with Crippen molar-refractivity contribution in [3.63, 3.8) is 0 Å². The van der Waals surface area contributed by atoms with E-state index < -0.39 is 18.5 Å². The topological polar surface area (TPSA) is 88.4 Å². The Labute approximate surface area is 157 Å². The van der Waals surface area contributed by atoms with Gasteiger partial charge in [-0.05, 0) is 26.3 Å². The van der Waals surface area contributed by atoms with E-state index in [9.17, 15) is 15.3 Å². The van der Waals surface area contributed by atoms with Crippen LogP contribution in [0.2, 0.25) is 0 Å². The lowest BCUT2D eigenvalue weighted by Gasteiger charge is -2.34. The van der Waals surface area contributed by atoms with Crippen LogP contribution in [0.15, 0.2) is 30.3 Å². The number of ether oxygens (including phenoxy) is 3. The van der Waals surface area contributed by atoms with E-state index >= 15 is 0 Å². The number of phenols is 2. The Kier molecular flexibility index (Phi) is 4.50. The highest BCUT2D eigenvalue weighted by Crippen LogP contribution is 2.57. The molecule has 27 heavy (non-hydrogen) atoms. The van der Waals surface area contributed by atoms with Gasteiger partial charge in [-0.2, -0.15) is 0 Å². The fourth-order valence-corrected chi connectivity index (χ4v) is 4.01. The fraction of sp³-hybridized carbons (Fsp3) is 0.429. The number of rotatable bonds is 3. The average Bonchev–Trinajstić information content (AvgIpc) is 2.98. The molecular weight excluding hydrogens is 348 g/mol. The van der Waals surface area contributed by atoms with Crippen molar-refractivity contribution in [3.8, 4) is 28.4 Å². The van der Waals surface area contributed by atoms with Crippen LogP contribution in [-0.4, -0.2) is 33.8 Å². The highest BCUT2D eigenvalue weighted by Gasteiger charge is 2.46. The Morgan fingerprint density at radius 2 is 1.74 bits per heavy atom. The zero-order valence-electron chi connectivity index (χ0n) is 15.5. The van der Waals surface area contributed by atoms with Crippen LogP contribution >= 0.6 is 0 Å². The molecule has 1 unspecified atom stereocenters. The summed E-state index contributed by atoms with van der Waals surface area (Å²) in [5, 5.41) is 32.2. The Morgan fingerprint density at radius 3 is 2.41 bits per heavy atom. The molecular formula is C21H24O6. The van der Waals surface area contributed by atoms with Crippen LogP contribution in [0.1, 0.15) is 50.5 Å². The van der Waals surface area contributed by atoms with Gasteiger partial charge in [0.1, 0.15) is 11.9 Å². The summed E-state index contributed by atoms with van der Waals surface area (Å²) in [4.78, 5) is 0. The Hall–Kier alpha value is -2.28. The molecule has 6 heteroatoms. The molecule has 144 valence electrons. The first-order valence-electron chi connectivity index (χ1n) is 9.21. The second-order valence-corrected chi connectivity index (χ2v) is 7.33. The third kappa shape index (κ3) is 2.94. The van der Waals surface area contributed by atoms with Crippen molar-refractivity contribution in [2.75, 3.05) is 0 Å². The van der Waals surface area contributed by atoms with Gasteiger partial charge in [-0.3, -0.25) is 0 Å². The predicted molar refractivity (Wildman–Crippen MR) is 98.7 cm³/mol. The van der Waals surface area contributed by atoms with Crippen molar-refractivity contribution in [1.82, 2.24) is 0 Å². The van der Waals surface area contributed by atoms with E-state index in [4.69, 9.17) is 14.2 Å². The first-order valence-corrected chi connectivity index (χ1v) is 9.21. The molecule has 2 aliphatic rings. The number of benzene rings is 2. The third-order valence-corrected chi connectivity index (χ3v) is 5.04. The third-order valence-electron chi connectivity index (χ3n) is 5.04. The van der Waals surface area contributed by atoms with E-state index in [-0.39, 0.29) is 29.5 Å². The highest BCUT2D eigenvalue weighted by atomic mass is 16.6. The number of fused-ring (bicyclic) bond motifs is 3. The first kappa shape index (κ1) is 18.1. The molecule has 4 rings (SSSR count). The summed E-state index contributed by atoms with van der Waals surface area (Å²) < 4.78 is 17.5. The Bertz CT molecular complexity index is 848. The van der Waals surface area contributed by atoms with Crippen LogP contribution in [0.3, 0.4) is 0 Å². The maximum atomic E-state index is 11.2. The van der Waals surface area contributed by atoms with E-state index in [1.807, 2.05) is 51.1 Å². The minimum Gasteiger partial charge on any atom is -0.507 e. The second-order valence-electron chi connectivity index (χ2n) is 7.33. The monoisotopic (exact) mass is 372 g/mol. The maximum Gasteiger partial charge on any atom is 0.173 e. The van der Waals surface area contributed by atoms with Crippen LogP contribution in [0.5, 0.6) is 17.2 Å². The summed E-state index contributed by atoms with van der Waals surface area (Å²) in [5.74, 6) is 0.139. The van der Waals surface area contributed by atoms with Crippen LogP contribution < -0.4 is 4.74 Å². The number of phenolic OH excluding ortho intramolecular Hbond substituents is 2. The van der Waals surface area contributed by atoms with Gasteiger partial charge in [0.25, 0.3) is 0 Å². The Morgan fingerprint density at radius 1 is 1.04 bits per heavy atom. The minimum atomic E-state index is -0.969. The van der Waals surface area contributed by atoms with Gasteiger partial charge in [0.15, 0.2) is 17.8 Å². The smallest absolute Gasteiger partial charge is 0.173 e. The fourth-order valence-electron chi connectivity index (χ4n) is 4.01. The van der Waals surface area contributed by atoms with Gasteiger partial charge in [0.05, 0.1) is 23.9 Å². The van der Waals surface area contributed by atoms with Crippen molar-refractivity contribution in [2.24, 2.45) is 0 Å². The normalized spacial score (nSPS) is 26.7. The molecule has 2 aromatic rings. The summed E-state index contributed by atoms with van der Waals surface area (Å²) in [5.41, 5.74) is 2.05. The van der Waals surface area contributed by atoms with Crippen LogP contribution in [-0.2, 0) is 9.47 Å². The van der Waals surface area contributed by atoms with Crippen LogP contribution in [0.4, 0.5) is 0 Å². The molecule has 0 saturated carbocycles. The molecule has 1 saturated heterocycles. The van der Waals surface area contributed by atoms with Gasteiger partial charge in [-0.25, -0.2) is 0 Å². The zero-order chi connectivity index (χ0) is 19.3. The van der Waals surface area contributed by atoms with Crippen molar-refractivity contribution < 1.29 is 29.5 Å². The Balaban J connectivity index is 2.00.